The van der Waals surface area contributed by atoms with E-state index in [2.05, 4.69) is 10.3 Å². The Morgan fingerprint density at radius 1 is 1.69 bits per heavy atom. The van der Waals surface area contributed by atoms with E-state index in [-0.39, 0.29) is 17.5 Å². The van der Waals surface area contributed by atoms with Gasteiger partial charge in [-0.15, -0.1) is 0 Å². The summed E-state index contributed by atoms with van der Waals surface area (Å²) in [5.74, 6) is 0.443. The number of carbonyl (C=O) groups is 1. The molecule has 1 aromatic rings. The van der Waals surface area contributed by atoms with Crippen molar-refractivity contribution in [3.8, 4) is 11.8 Å². The number of anilines is 1. The molecule has 2 N–H and O–H groups in total. The lowest BCUT2D eigenvalue weighted by Gasteiger charge is -2.11. The monoisotopic (exact) mass is 221 g/mol. The third-order valence-electron chi connectivity index (χ3n) is 1.58. The molecule has 1 amide bonds. The first-order chi connectivity index (χ1) is 7.52. The lowest BCUT2D eigenvalue weighted by atomic mass is 10.2. The van der Waals surface area contributed by atoms with Crippen LogP contribution in [0.5, 0.6) is 5.75 Å². The predicted octanol–water partition coefficient (Wildman–Crippen LogP) is 1.83. The molecule has 1 aromatic heterocycles. The number of hydrogen-bond acceptors (Lipinski definition) is 4. The third-order valence-corrected chi connectivity index (χ3v) is 1.58. The van der Waals surface area contributed by atoms with Crippen LogP contribution in [0.3, 0.4) is 0 Å². The van der Waals surface area contributed by atoms with Crippen molar-refractivity contribution in [1.82, 2.24) is 4.98 Å². The Hall–Kier alpha value is -2.29. The Balaban J connectivity index is 3.02. The number of nitrogens with zero attached hydrogens (tertiary/aromatic N) is 2. The molecule has 0 aromatic carbocycles. The lowest BCUT2D eigenvalue weighted by Crippen LogP contribution is -2.11. The SMILES string of the molecule is CC(C)Oc1cc(NC(=O)O)ncc1C#N. The summed E-state index contributed by atoms with van der Waals surface area (Å²) in [6.07, 6.45) is -0.0527. The van der Waals surface area contributed by atoms with E-state index in [4.69, 9.17) is 15.1 Å². The predicted molar refractivity (Wildman–Crippen MR) is 56.4 cm³/mol. The quantitative estimate of drug-likeness (QED) is 0.811. The molecular formula is C10H11N3O3. The van der Waals surface area contributed by atoms with Crippen molar-refractivity contribution >= 4 is 11.9 Å². The fourth-order valence-electron chi connectivity index (χ4n) is 1.05. The van der Waals surface area contributed by atoms with Gasteiger partial charge in [-0.1, -0.05) is 0 Å². The molecule has 84 valence electrons. The number of hydrogen-bond donors (Lipinski definition) is 2. The van der Waals surface area contributed by atoms with Crippen LogP contribution in [-0.4, -0.2) is 22.3 Å². The van der Waals surface area contributed by atoms with Gasteiger partial charge in [0.05, 0.1) is 12.3 Å². The van der Waals surface area contributed by atoms with E-state index >= 15 is 0 Å². The molecule has 0 radical (unpaired) electrons. The van der Waals surface area contributed by atoms with Crippen LogP contribution in [-0.2, 0) is 0 Å². The molecule has 0 unspecified atom stereocenters. The van der Waals surface area contributed by atoms with Gasteiger partial charge in [-0.2, -0.15) is 5.26 Å². The number of nitriles is 1. The van der Waals surface area contributed by atoms with Crippen molar-refractivity contribution < 1.29 is 14.6 Å². The molecule has 0 aliphatic rings. The molecule has 0 spiro atoms. The minimum atomic E-state index is -1.22. The normalized spacial score (nSPS) is 9.62. The van der Waals surface area contributed by atoms with Gasteiger partial charge in [0.15, 0.2) is 0 Å². The number of rotatable bonds is 3. The molecule has 0 aliphatic heterocycles. The molecule has 1 rings (SSSR count). The third kappa shape index (κ3) is 3.13. The summed E-state index contributed by atoms with van der Waals surface area (Å²) >= 11 is 0. The topological polar surface area (TPSA) is 95.2 Å². The summed E-state index contributed by atoms with van der Waals surface area (Å²) < 4.78 is 5.36. The summed E-state index contributed by atoms with van der Waals surface area (Å²) in [6.45, 7) is 3.62. The molecule has 1 heterocycles. The zero-order valence-corrected chi connectivity index (χ0v) is 8.89. The smallest absolute Gasteiger partial charge is 0.410 e. The van der Waals surface area contributed by atoms with Crippen LogP contribution in [0, 0.1) is 11.3 Å². The summed E-state index contributed by atoms with van der Waals surface area (Å²) in [6, 6.07) is 3.30. The van der Waals surface area contributed by atoms with Gasteiger partial charge < -0.3 is 9.84 Å². The molecule has 6 heteroatoms. The van der Waals surface area contributed by atoms with Gasteiger partial charge in [0.25, 0.3) is 0 Å². The van der Waals surface area contributed by atoms with Gasteiger partial charge in [0.2, 0.25) is 0 Å². The Morgan fingerprint density at radius 2 is 2.38 bits per heavy atom. The average Bonchev–Trinajstić information content (AvgIpc) is 2.16. The summed E-state index contributed by atoms with van der Waals surface area (Å²) in [7, 11) is 0. The average molecular weight is 221 g/mol. The molecule has 0 saturated carbocycles. The fourth-order valence-corrected chi connectivity index (χ4v) is 1.05. The fraction of sp³-hybridized carbons (Fsp3) is 0.300. The van der Waals surface area contributed by atoms with Gasteiger partial charge in [-0.05, 0) is 13.8 Å². The number of ether oxygens (including phenoxy) is 1. The van der Waals surface area contributed by atoms with E-state index in [0.717, 1.165) is 0 Å². The van der Waals surface area contributed by atoms with Crippen LogP contribution >= 0.6 is 0 Å². The summed E-state index contributed by atoms with van der Waals surface area (Å²) in [4.78, 5) is 14.2. The van der Waals surface area contributed by atoms with Crippen LogP contribution < -0.4 is 10.1 Å². The second-order valence-corrected chi connectivity index (χ2v) is 3.27. The molecule has 0 saturated heterocycles. The van der Waals surface area contributed by atoms with E-state index in [1.807, 2.05) is 19.9 Å². The standard InChI is InChI=1S/C10H11N3O3/c1-6(2)16-8-3-9(13-10(14)15)12-5-7(8)4-11/h3,5-6H,1-2H3,(H,12,13)(H,14,15). The minimum Gasteiger partial charge on any atom is -0.489 e. The second-order valence-electron chi connectivity index (χ2n) is 3.27. The number of pyridine rings is 1. The zero-order chi connectivity index (χ0) is 12.1. The van der Waals surface area contributed by atoms with Gasteiger partial charge in [0.1, 0.15) is 23.2 Å². The summed E-state index contributed by atoms with van der Waals surface area (Å²) in [5.41, 5.74) is 0.268. The Labute approximate surface area is 92.5 Å². The van der Waals surface area contributed by atoms with Crippen molar-refractivity contribution in [2.24, 2.45) is 0 Å². The van der Waals surface area contributed by atoms with Crippen molar-refractivity contribution in [3.63, 3.8) is 0 Å². The van der Waals surface area contributed by atoms with Crippen LogP contribution in [0.1, 0.15) is 19.4 Å². The zero-order valence-electron chi connectivity index (χ0n) is 8.89. The number of aromatic nitrogens is 1. The van der Waals surface area contributed by atoms with Gasteiger partial charge >= 0.3 is 6.09 Å². The highest BCUT2D eigenvalue weighted by Gasteiger charge is 2.09. The van der Waals surface area contributed by atoms with E-state index in [0.29, 0.717) is 5.75 Å². The van der Waals surface area contributed by atoms with Gasteiger partial charge in [-0.3, -0.25) is 5.32 Å². The highest BCUT2D eigenvalue weighted by Crippen LogP contribution is 2.21. The maximum Gasteiger partial charge on any atom is 0.410 e. The second kappa shape index (κ2) is 4.98. The van der Waals surface area contributed by atoms with E-state index < -0.39 is 6.09 Å². The van der Waals surface area contributed by atoms with Crippen molar-refractivity contribution in [2.45, 2.75) is 20.0 Å². The summed E-state index contributed by atoms with van der Waals surface area (Å²) in [5, 5.41) is 19.4. The van der Waals surface area contributed by atoms with E-state index in [9.17, 15) is 4.79 Å². The highest BCUT2D eigenvalue weighted by molar-refractivity contribution is 5.81. The minimum absolute atomic E-state index is 0.104. The first kappa shape index (κ1) is 11.8. The molecule has 0 atom stereocenters. The molecule has 0 aliphatic carbocycles. The van der Waals surface area contributed by atoms with E-state index in [1.165, 1.54) is 12.3 Å². The number of nitrogens with one attached hydrogen (secondary N) is 1. The van der Waals surface area contributed by atoms with Crippen LogP contribution in [0.25, 0.3) is 0 Å². The number of carboxylic acid groups (broad SMARTS) is 1. The van der Waals surface area contributed by atoms with E-state index in [1.54, 1.807) is 0 Å². The largest absolute Gasteiger partial charge is 0.489 e. The van der Waals surface area contributed by atoms with Gasteiger partial charge in [-0.25, -0.2) is 9.78 Å². The molecule has 0 fully saturated rings. The Kier molecular flexibility index (Phi) is 3.67. The number of amides is 1. The molecular weight excluding hydrogens is 210 g/mol. The van der Waals surface area contributed by atoms with Crippen molar-refractivity contribution in [2.75, 3.05) is 5.32 Å². The van der Waals surface area contributed by atoms with Crippen molar-refractivity contribution in [3.05, 3.63) is 17.8 Å². The molecule has 6 nitrogen and oxygen atoms in total. The van der Waals surface area contributed by atoms with Gasteiger partial charge in [0, 0.05) is 6.07 Å². The maximum absolute atomic E-state index is 10.4. The Morgan fingerprint density at radius 3 is 2.88 bits per heavy atom. The van der Waals surface area contributed by atoms with Crippen LogP contribution in [0.4, 0.5) is 10.6 Å². The first-order valence-corrected chi connectivity index (χ1v) is 4.59. The lowest BCUT2D eigenvalue weighted by molar-refractivity contribution is 0.209. The van der Waals surface area contributed by atoms with Crippen molar-refractivity contribution in [1.29, 1.82) is 5.26 Å². The maximum atomic E-state index is 10.4. The molecule has 0 bridgehead atoms. The van der Waals surface area contributed by atoms with Crippen LogP contribution in [0.15, 0.2) is 12.3 Å². The van der Waals surface area contributed by atoms with Crippen LogP contribution in [0.2, 0.25) is 0 Å². The highest BCUT2D eigenvalue weighted by atomic mass is 16.5. The molecule has 16 heavy (non-hydrogen) atoms. The Bertz CT molecular complexity index is 437. The first-order valence-electron chi connectivity index (χ1n) is 4.59.